The van der Waals surface area contributed by atoms with Crippen LogP contribution >= 0.6 is 0 Å². The van der Waals surface area contributed by atoms with Gasteiger partial charge in [0, 0.05) is 6.42 Å². The summed E-state index contributed by atoms with van der Waals surface area (Å²) >= 11 is 0. The molecule has 220 valence electrons. The molecule has 1 heterocycles. The van der Waals surface area contributed by atoms with Gasteiger partial charge in [0.05, 0.1) is 12.6 Å². The maximum absolute atomic E-state index is 13.6. The third-order valence-electron chi connectivity index (χ3n) is 6.96. The Labute approximate surface area is 244 Å². The minimum Gasteiger partial charge on any atom is -0.508 e. The lowest BCUT2D eigenvalue weighted by Gasteiger charge is -2.25. The highest BCUT2D eigenvalue weighted by Gasteiger charge is 2.50. The first-order chi connectivity index (χ1) is 20.1. The lowest BCUT2D eigenvalue weighted by Crippen LogP contribution is -2.57. The highest BCUT2D eigenvalue weighted by atomic mass is 16.6. The van der Waals surface area contributed by atoms with Crippen molar-refractivity contribution < 1.29 is 33.8 Å². The number of Topliss-reactive ketones (excluding diaryl/α,β-unsaturated/α-hetero) is 1. The second kappa shape index (κ2) is 13.8. The Morgan fingerprint density at radius 2 is 1.31 bits per heavy atom. The second-order valence-electron chi connectivity index (χ2n) is 10.5. The molecule has 1 aliphatic rings. The maximum Gasteiger partial charge on any atom is 0.408 e. The van der Waals surface area contributed by atoms with E-state index in [9.17, 15) is 24.3 Å². The number of benzene rings is 3. The van der Waals surface area contributed by atoms with Gasteiger partial charge in [0.1, 0.15) is 30.0 Å². The standard InChI is InChI=1S/C32H35N3O7/c1-21(33-31(40)41-19-24-11-7-4-8-12-24)29(38)35-27(18-22-9-5-3-6-10-22)30(39)34-26(28(37)32(2)20-42-32)17-23-13-15-25(36)16-14-23/h3-16,21,26-27,36H,17-20H2,1-2H3,(H,33,40)(H,34,39)(H,35,38)/t21?,26-,27-,32+/m0/s1. The van der Waals surface area contributed by atoms with Crippen molar-refractivity contribution in [3.05, 3.63) is 102 Å². The molecule has 3 amide bonds. The lowest BCUT2D eigenvalue weighted by atomic mass is 9.94. The number of ketones is 1. The molecule has 3 aromatic rings. The van der Waals surface area contributed by atoms with E-state index >= 15 is 0 Å². The molecule has 42 heavy (non-hydrogen) atoms. The van der Waals surface area contributed by atoms with Gasteiger partial charge in [-0.15, -0.1) is 0 Å². The summed E-state index contributed by atoms with van der Waals surface area (Å²) in [5.41, 5.74) is 1.32. The number of phenolic OH excluding ortho intramolecular Hbond substituents is 1. The zero-order chi connectivity index (χ0) is 30.1. The number of alkyl carbamates (subject to hydrolysis) is 1. The summed E-state index contributed by atoms with van der Waals surface area (Å²) in [5, 5.41) is 17.6. The van der Waals surface area contributed by atoms with Crippen LogP contribution in [0.25, 0.3) is 0 Å². The molecule has 0 radical (unpaired) electrons. The quantitative estimate of drug-likeness (QED) is 0.230. The van der Waals surface area contributed by atoms with Gasteiger partial charge in [-0.05, 0) is 49.1 Å². The van der Waals surface area contributed by atoms with Crippen LogP contribution in [0.15, 0.2) is 84.9 Å². The predicted molar refractivity (Wildman–Crippen MR) is 154 cm³/mol. The van der Waals surface area contributed by atoms with Crippen molar-refractivity contribution in [2.45, 2.75) is 57.0 Å². The molecule has 3 aromatic carbocycles. The van der Waals surface area contributed by atoms with Gasteiger partial charge in [-0.2, -0.15) is 0 Å². The van der Waals surface area contributed by atoms with Gasteiger partial charge in [0.2, 0.25) is 11.8 Å². The summed E-state index contributed by atoms with van der Waals surface area (Å²) in [6.07, 6.45) is -0.457. The maximum atomic E-state index is 13.6. The van der Waals surface area contributed by atoms with Crippen molar-refractivity contribution in [2.75, 3.05) is 6.61 Å². The molecule has 4 atom stereocenters. The van der Waals surface area contributed by atoms with Gasteiger partial charge >= 0.3 is 6.09 Å². The van der Waals surface area contributed by atoms with Crippen LogP contribution < -0.4 is 16.0 Å². The SMILES string of the molecule is CC(NC(=O)OCc1ccccc1)C(=O)N[C@@H](Cc1ccccc1)C(=O)N[C@@H](Cc1ccc(O)cc1)C(=O)[C@@]1(C)CO1. The number of aromatic hydroxyl groups is 1. The van der Waals surface area contributed by atoms with E-state index < -0.39 is 41.6 Å². The van der Waals surface area contributed by atoms with E-state index in [-0.39, 0.29) is 37.6 Å². The number of phenols is 1. The Morgan fingerprint density at radius 1 is 0.786 bits per heavy atom. The Bertz CT molecular complexity index is 1380. The van der Waals surface area contributed by atoms with Crippen LogP contribution in [0.2, 0.25) is 0 Å². The Kier molecular flexibility index (Phi) is 9.93. The number of nitrogens with one attached hydrogen (secondary N) is 3. The van der Waals surface area contributed by atoms with E-state index in [2.05, 4.69) is 16.0 Å². The molecule has 4 rings (SSSR count). The summed E-state index contributed by atoms with van der Waals surface area (Å²) in [6.45, 7) is 3.44. The molecule has 0 spiro atoms. The third-order valence-corrected chi connectivity index (χ3v) is 6.96. The Morgan fingerprint density at radius 3 is 1.90 bits per heavy atom. The van der Waals surface area contributed by atoms with E-state index in [1.165, 1.54) is 19.1 Å². The van der Waals surface area contributed by atoms with Crippen molar-refractivity contribution in [3.8, 4) is 5.75 Å². The molecule has 0 saturated carbocycles. The fraction of sp³-hybridized carbons (Fsp3) is 0.312. The molecule has 10 heteroatoms. The van der Waals surface area contributed by atoms with Gasteiger partial charge in [-0.25, -0.2) is 4.79 Å². The number of epoxide rings is 1. The van der Waals surface area contributed by atoms with Gasteiger partial charge in [-0.3, -0.25) is 14.4 Å². The third kappa shape index (κ3) is 8.65. The number of hydrogen-bond donors (Lipinski definition) is 4. The summed E-state index contributed by atoms with van der Waals surface area (Å²) in [4.78, 5) is 52.3. The van der Waals surface area contributed by atoms with Crippen LogP contribution in [0.1, 0.15) is 30.5 Å². The molecular weight excluding hydrogens is 538 g/mol. The monoisotopic (exact) mass is 573 g/mol. The summed E-state index contributed by atoms with van der Waals surface area (Å²) in [6, 6.07) is 21.6. The molecule has 0 aromatic heterocycles. The van der Waals surface area contributed by atoms with E-state index in [0.29, 0.717) is 0 Å². The van der Waals surface area contributed by atoms with E-state index in [1.807, 2.05) is 60.7 Å². The van der Waals surface area contributed by atoms with Gasteiger partial charge in [0.25, 0.3) is 0 Å². The highest BCUT2D eigenvalue weighted by molar-refractivity contribution is 5.98. The minimum absolute atomic E-state index is 0.0408. The van der Waals surface area contributed by atoms with Crippen LogP contribution in [-0.2, 0) is 43.3 Å². The predicted octanol–water partition coefficient (Wildman–Crippen LogP) is 2.82. The van der Waals surface area contributed by atoms with Crippen LogP contribution in [0.4, 0.5) is 4.79 Å². The summed E-state index contributed by atoms with van der Waals surface area (Å²) in [5.74, 6) is -1.36. The molecule has 0 aliphatic carbocycles. The first-order valence-electron chi connectivity index (χ1n) is 13.7. The lowest BCUT2D eigenvalue weighted by molar-refractivity contribution is -0.133. The van der Waals surface area contributed by atoms with E-state index in [1.54, 1.807) is 19.1 Å². The Balaban J connectivity index is 1.44. The topological polar surface area (TPSA) is 146 Å². The van der Waals surface area contributed by atoms with Gasteiger partial charge in [-0.1, -0.05) is 72.8 Å². The second-order valence-corrected chi connectivity index (χ2v) is 10.5. The number of carbonyl (C=O) groups excluding carboxylic acids is 4. The van der Waals surface area contributed by atoms with Gasteiger partial charge in [0.15, 0.2) is 5.78 Å². The molecule has 0 bridgehead atoms. The smallest absolute Gasteiger partial charge is 0.408 e. The largest absolute Gasteiger partial charge is 0.508 e. The molecular formula is C32H35N3O7. The first-order valence-corrected chi connectivity index (χ1v) is 13.7. The number of rotatable bonds is 13. The van der Waals surface area contributed by atoms with Crippen LogP contribution in [-0.4, -0.2) is 59.1 Å². The highest BCUT2D eigenvalue weighted by Crippen LogP contribution is 2.29. The average molecular weight is 574 g/mol. The Hall–Kier alpha value is -4.70. The van der Waals surface area contributed by atoms with Crippen molar-refractivity contribution >= 4 is 23.7 Å². The molecule has 1 saturated heterocycles. The molecule has 4 N–H and O–H groups in total. The van der Waals surface area contributed by atoms with Crippen molar-refractivity contribution in [1.29, 1.82) is 0 Å². The van der Waals surface area contributed by atoms with Crippen molar-refractivity contribution in [2.24, 2.45) is 0 Å². The number of amides is 3. The number of hydrogen-bond acceptors (Lipinski definition) is 7. The van der Waals surface area contributed by atoms with E-state index in [4.69, 9.17) is 9.47 Å². The van der Waals surface area contributed by atoms with Gasteiger partial charge < -0.3 is 30.5 Å². The molecule has 1 unspecified atom stereocenters. The van der Waals surface area contributed by atoms with E-state index in [0.717, 1.165) is 16.7 Å². The number of carbonyl (C=O) groups is 4. The van der Waals surface area contributed by atoms with Crippen LogP contribution in [0.5, 0.6) is 5.75 Å². The first kappa shape index (κ1) is 30.3. The average Bonchev–Trinajstić information content (AvgIpc) is 3.75. The fourth-order valence-corrected chi connectivity index (χ4v) is 4.33. The summed E-state index contributed by atoms with van der Waals surface area (Å²) in [7, 11) is 0. The summed E-state index contributed by atoms with van der Waals surface area (Å²) < 4.78 is 10.6. The van der Waals surface area contributed by atoms with Crippen molar-refractivity contribution in [1.82, 2.24) is 16.0 Å². The van der Waals surface area contributed by atoms with Crippen LogP contribution in [0, 0.1) is 0 Å². The zero-order valence-corrected chi connectivity index (χ0v) is 23.5. The molecule has 1 fully saturated rings. The molecule has 10 nitrogen and oxygen atoms in total. The molecule has 1 aliphatic heterocycles. The minimum atomic E-state index is -1.05. The number of ether oxygens (including phenoxy) is 2. The van der Waals surface area contributed by atoms with Crippen molar-refractivity contribution in [3.63, 3.8) is 0 Å². The normalized spacial score (nSPS) is 17.7. The zero-order valence-electron chi connectivity index (χ0n) is 23.5. The van der Waals surface area contributed by atoms with Crippen LogP contribution in [0.3, 0.4) is 0 Å². The fourth-order valence-electron chi connectivity index (χ4n) is 4.33.